The zero-order valence-corrected chi connectivity index (χ0v) is 9.36. The average Bonchev–Trinajstić information content (AvgIpc) is 2.34. The molecule has 0 atom stereocenters. The first-order chi connectivity index (χ1) is 8.24. The Morgan fingerprint density at radius 2 is 1.88 bits per heavy atom. The maximum atomic E-state index is 12.7. The van der Waals surface area contributed by atoms with E-state index in [9.17, 15) is 4.39 Å². The second-order valence-corrected chi connectivity index (χ2v) is 3.78. The van der Waals surface area contributed by atoms with Crippen LogP contribution in [0, 0.1) is 5.82 Å². The van der Waals surface area contributed by atoms with Crippen molar-refractivity contribution in [1.82, 2.24) is 4.98 Å². The van der Waals surface area contributed by atoms with Crippen LogP contribution in [0.5, 0.6) is 0 Å². The molecule has 3 N–H and O–H groups in total. The van der Waals surface area contributed by atoms with Gasteiger partial charge in [0.1, 0.15) is 11.6 Å². The van der Waals surface area contributed by atoms with Crippen molar-refractivity contribution in [3.8, 4) is 0 Å². The highest BCUT2D eigenvalue weighted by atomic mass is 19.1. The molecule has 0 bridgehead atoms. The molecule has 0 fully saturated rings. The summed E-state index contributed by atoms with van der Waals surface area (Å²) in [6, 6.07) is 10.1. The summed E-state index contributed by atoms with van der Waals surface area (Å²) in [6.45, 7) is 0.753. The monoisotopic (exact) mass is 231 g/mol. The molecule has 0 radical (unpaired) electrons. The molecular formula is C13H14FN3. The Hall–Kier alpha value is -2.10. The van der Waals surface area contributed by atoms with Crippen LogP contribution in [0.1, 0.15) is 5.56 Å². The Morgan fingerprint density at radius 1 is 1.12 bits per heavy atom. The standard InChI is InChI=1S/C13H14FN3/c14-11-3-1-10(2-4-11)7-8-16-13-6-5-12(15)9-17-13/h1-6,9H,7-8,15H2,(H,16,17). The predicted octanol–water partition coefficient (Wildman–Crippen LogP) is 2.46. The molecule has 17 heavy (non-hydrogen) atoms. The fourth-order valence-electron chi connectivity index (χ4n) is 1.50. The molecule has 0 aliphatic heterocycles. The van der Waals surface area contributed by atoms with Crippen LogP contribution in [0.4, 0.5) is 15.9 Å². The maximum Gasteiger partial charge on any atom is 0.126 e. The van der Waals surface area contributed by atoms with Gasteiger partial charge in [0.15, 0.2) is 0 Å². The zero-order chi connectivity index (χ0) is 12.1. The number of benzene rings is 1. The summed E-state index contributed by atoms with van der Waals surface area (Å²) in [4.78, 5) is 4.13. The minimum atomic E-state index is -0.207. The molecule has 0 saturated heterocycles. The van der Waals surface area contributed by atoms with Crippen molar-refractivity contribution < 1.29 is 4.39 Å². The molecule has 0 aliphatic rings. The first-order valence-electron chi connectivity index (χ1n) is 5.44. The topological polar surface area (TPSA) is 50.9 Å². The molecule has 4 heteroatoms. The van der Waals surface area contributed by atoms with E-state index in [1.54, 1.807) is 24.4 Å². The fraction of sp³-hybridized carbons (Fsp3) is 0.154. The van der Waals surface area contributed by atoms with Gasteiger partial charge in [0.25, 0.3) is 0 Å². The zero-order valence-electron chi connectivity index (χ0n) is 9.36. The predicted molar refractivity (Wildman–Crippen MR) is 67.2 cm³/mol. The minimum Gasteiger partial charge on any atom is -0.397 e. The van der Waals surface area contributed by atoms with E-state index in [-0.39, 0.29) is 5.82 Å². The third kappa shape index (κ3) is 3.45. The Kier molecular flexibility index (Phi) is 3.55. The van der Waals surface area contributed by atoms with Crippen LogP contribution in [-0.4, -0.2) is 11.5 Å². The molecule has 2 aromatic rings. The van der Waals surface area contributed by atoms with E-state index in [1.165, 1.54) is 12.1 Å². The second-order valence-electron chi connectivity index (χ2n) is 3.78. The van der Waals surface area contributed by atoms with Crippen LogP contribution in [0.3, 0.4) is 0 Å². The van der Waals surface area contributed by atoms with E-state index in [2.05, 4.69) is 10.3 Å². The number of rotatable bonds is 4. The molecular weight excluding hydrogens is 217 g/mol. The van der Waals surface area contributed by atoms with Crippen molar-refractivity contribution in [3.05, 3.63) is 54.0 Å². The second kappa shape index (κ2) is 5.30. The SMILES string of the molecule is Nc1ccc(NCCc2ccc(F)cc2)nc1. The normalized spacial score (nSPS) is 10.2. The molecule has 88 valence electrons. The fourth-order valence-corrected chi connectivity index (χ4v) is 1.50. The quantitative estimate of drug-likeness (QED) is 0.849. The van der Waals surface area contributed by atoms with Gasteiger partial charge < -0.3 is 11.1 Å². The lowest BCUT2D eigenvalue weighted by molar-refractivity contribution is 0.627. The van der Waals surface area contributed by atoms with Gasteiger partial charge in [-0.05, 0) is 36.2 Å². The van der Waals surface area contributed by atoms with Crippen LogP contribution in [-0.2, 0) is 6.42 Å². The summed E-state index contributed by atoms with van der Waals surface area (Å²) in [5.74, 6) is 0.586. The van der Waals surface area contributed by atoms with Gasteiger partial charge in [-0.2, -0.15) is 0 Å². The van der Waals surface area contributed by atoms with Gasteiger partial charge in [-0.25, -0.2) is 9.37 Å². The number of nitrogen functional groups attached to an aromatic ring is 1. The highest BCUT2D eigenvalue weighted by Gasteiger charge is 1.96. The molecule has 0 saturated carbocycles. The van der Waals surface area contributed by atoms with E-state index in [0.717, 1.165) is 24.3 Å². The molecule has 0 spiro atoms. The van der Waals surface area contributed by atoms with E-state index < -0.39 is 0 Å². The number of nitrogens with zero attached hydrogens (tertiary/aromatic N) is 1. The lowest BCUT2D eigenvalue weighted by Gasteiger charge is -2.05. The van der Waals surface area contributed by atoms with Crippen LogP contribution in [0.15, 0.2) is 42.6 Å². The number of hydrogen-bond acceptors (Lipinski definition) is 3. The molecule has 0 aliphatic carbocycles. The van der Waals surface area contributed by atoms with Gasteiger partial charge in [-0.3, -0.25) is 0 Å². The van der Waals surface area contributed by atoms with Gasteiger partial charge in [0.05, 0.1) is 11.9 Å². The average molecular weight is 231 g/mol. The van der Waals surface area contributed by atoms with Crippen molar-refractivity contribution >= 4 is 11.5 Å². The third-order valence-electron chi connectivity index (χ3n) is 2.42. The molecule has 2 rings (SSSR count). The van der Waals surface area contributed by atoms with Crippen molar-refractivity contribution in [3.63, 3.8) is 0 Å². The maximum absolute atomic E-state index is 12.7. The third-order valence-corrected chi connectivity index (χ3v) is 2.42. The van der Waals surface area contributed by atoms with Crippen LogP contribution in [0.25, 0.3) is 0 Å². The van der Waals surface area contributed by atoms with E-state index in [1.807, 2.05) is 6.07 Å². The van der Waals surface area contributed by atoms with Crippen molar-refractivity contribution in [2.24, 2.45) is 0 Å². The van der Waals surface area contributed by atoms with Gasteiger partial charge in [0, 0.05) is 6.54 Å². The summed E-state index contributed by atoms with van der Waals surface area (Å²) >= 11 is 0. The Balaban J connectivity index is 1.83. The van der Waals surface area contributed by atoms with Crippen LogP contribution < -0.4 is 11.1 Å². The summed E-state index contributed by atoms with van der Waals surface area (Å²) in [6.07, 6.45) is 2.44. The Morgan fingerprint density at radius 3 is 2.53 bits per heavy atom. The summed E-state index contributed by atoms with van der Waals surface area (Å²) in [7, 11) is 0. The van der Waals surface area contributed by atoms with Gasteiger partial charge in [-0.15, -0.1) is 0 Å². The van der Waals surface area contributed by atoms with Gasteiger partial charge in [-0.1, -0.05) is 12.1 Å². The first kappa shape index (κ1) is 11.4. The number of nitrogens with two attached hydrogens (primary N) is 1. The molecule has 0 unspecified atom stereocenters. The lowest BCUT2D eigenvalue weighted by atomic mass is 10.1. The highest BCUT2D eigenvalue weighted by molar-refractivity contribution is 5.43. The van der Waals surface area contributed by atoms with Gasteiger partial charge >= 0.3 is 0 Å². The lowest BCUT2D eigenvalue weighted by Crippen LogP contribution is -2.06. The number of pyridine rings is 1. The van der Waals surface area contributed by atoms with Crippen molar-refractivity contribution in [2.45, 2.75) is 6.42 Å². The molecule has 1 aromatic carbocycles. The molecule has 1 aromatic heterocycles. The van der Waals surface area contributed by atoms with E-state index in [0.29, 0.717) is 5.69 Å². The number of halogens is 1. The van der Waals surface area contributed by atoms with Crippen LogP contribution in [0.2, 0.25) is 0 Å². The molecule has 0 amide bonds. The largest absolute Gasteiger partial charge is 0.397 e. The molecule has 3 nitrogen and oxygen atoms in total. The summed E-state index contributed by atoms with van der Waals surface area (Å²) in [5, 5.41) is 3.17. The smallest absolute Gasteiger partial charge is 0.126 e. The van der Waals surface area contributed by atoms with Gasteiger partial charge in [0.2, 0.25) is 0 Å². The van der Waals surface area contributed by atoms with E-state index in [4.69, 9.17) is 5.73 Å². The Bertz CT molecular complexity index is 420. The summed E-state index contributed by atoms with van der Waals surface area (Å²) < 4.78 is 12.7. The number of nitrogens with one attached hydrogen (secondary N) is 1. The molecule has 1 heterocycles. The minimum absolute atomic E-state index is 0.207. The van der Waals surface area contributed by atoms with E-state index >= 15 is 0 Å². The summed E-state index contributed by atoms with van der Waals surface area (Å²) in [5.41, 5.74) is 7.27. The van der Waals surface area contributed by atoms with Crippen molar-refractivity contribution in [2.75, 3.05) is 17.6 Å². The Labute approximate surface area is 99.5 Å². The number of hydrogen-bond donors (Lipinski definition) is 2. The van der Waals surface area contributed by atoms with Crippen LogP contribution >= 0.6 is 0 Å². The van der Waals surface area contributed by atoms with Crippen molar-refractivity contribution in [1.29, 1.82) is 0 Å². The number of anilines is 2. The highest BCUT2D eigenvalue weighted by Crippen LogP contribution is 2.07. The first-order valence-corrected chi connectivity index (χ1v) is 5.44. The number of aromatic nitrogens is 1.